The molecule has 0 fully saturated rings. The highest BCUT2D eigenvalue weighted by molar-refractivity contribution is 7.87. The molecule has 0 radical (unpaired) electrons. The van der Waals surface area contributed by atoms with Crippen LogP contribution in [0.25, 0.3) is 0 Å². The second kappa shape index (κ2) is 7.64. The largest absolute Gasteiger partial charge is 0.469 e. The molecule has 110 valence electrons. The molecule has 7 heteroatoms. The fourth-order valence-electron chi connectivity index (χ4n) is 1.63. The summed E-state index contributed by atoms with van der Waals surface area (Å²) in [4.78, 5) is 0. The molecule has 0 amide bonds. The van der Waals surface area contributed by atoms with Gasteiger partial charge in [-0.2, -0.15) is 17.4 Å². The third-order valence-corrected chi connectivity index (χ3v) is 4.50. The average molecular weight is 290 g/mol. The maximum Gasteiger partial charge on any atom is 0.279 e. The number of aliphatic hydroxyl groups is 1. The van der Waals surface area contributed by atoms with E-state index < -0.39 is 10.2 Å². The number of furan rings is 1. The third kappa shape index (κ3) is 5.73. The molecule has 1 unspecified atom stereocenters. The Morgan fingerprint density at radius 2 is 2.26 bits per heavy atom. The second-order valence-electron chi connectivity index (χ2n) is 4.54. The van der Waals surface area contributed by atoms with E-state index >= 15 is 0 Å². The molecule has 0 aliphatic carbocycles. The lowest BCUT2D eigenvalue weighted by molar-refractivity contribution is 0.275. The van der Waals surface area contributed by atoms with E-state index in [1.54, 1.807) is 6.26 Å². The molecule has 2 N–H and O–H groups in total. The highest BCUT2D eigenvalue weighted by Gasteiger charge is 2.19. The van der Waals surface area contributed by atoms with Gasteiger partial charge in [0.15, 0.2) is 0 Å². The van der Waals surface area contributed by atoms with Gasteiger partial charge in [0.25, 0.3) is 10.2 Å². The van der Waals surface area contributed by atoms with Crippen LogP contribution in [0.5, 0.6) is 0 Å². The van der Waals surface area contributed by atoms with E-state index in [0.717, 1.165) is 5.76 Å². The molecule has 1 atom stereocenters. The van der Waals surface area contributed by atoms with E-state index in [9.17, 15) is 8.42 Å². The molecule has 0 aliphatic rings. The smallest absolute Gasteiger partial charge is 0.279 e. The molecule has 0 spiro atoms. The van der Waals surface area contributed by atoms with Crippen LogP contribution in [0.4, 0.5) is 0 Å². The summed E-state index contributed by atoms with van der Waals surface area (Å²) in [5.74, 6) is 0.847. The lowest BCUT2D eigenvalue weighted by Gasteiger charge is -2.20. The number of hydrogen-bond donors (Lipinski definition) is 2. The van der Waals surface area contributed by atoms with Gasteiger partial charge in [-0.3, -0.25) is 0 Å². The Labute approximate surface area is 114 Å². The summed E-state index contributed by atoms with van der Waals surface area (Å²) in [6, 6.07) is 3.51. The standard InChI is InChI=1S/C12H22N2O4S/c1-11(6-7-12-5-3-10-18-12)13-19(16,17)14(2)8-4-9-15/h3,5,10-11,13,15H,4,6-9H2,1-2H3. The lowest BCUT2D eigenvalue weighted by Crippen LogP contribution is -2.43. The number of rotatable bonds is 9. The van der Waals surface area contributed by atoms with Crippen molar-refractivity contribution in [1.82, 2.24) is 9.03 Å². The quantitative estimate of drug-likeness (QED) is 0.703. The first-order valence-corrected chi connectivity index (χ1v) is 7.76. The van der Waals surface area contributed by atoms with Crippen LogP contribution in [0.3, 0.4) is 0 Å². The average Bonchev–Trinajstić information content (AvgIpc) is 2.85. The summed E-state index contributed by atoms with van der Waals surface area (Å²) in [7, 11) is -1.98. The molecule has 0 aliphatic heterocycles. The van der Waals surface area contributed by atoms with Gasteiger partial charge in [-0.1, -0.05) is 0 Å². The summed E-state index contributed by atoms with van der Waals surface area (Å²) < 4.78 is 32.9. The minimum atomic E-state index is -3.48. The molecule has 19 heavy (non-hydrogen) atoms. The minimum absolute atomic E-state index is 0.0199. The minimum Gasteiger partial charge on any atom is -0.469 e. The Bertz CT molecular complexity index is 444. The van der Waals surface area contributed by atoms with Gasteiger partial charge in [0.05, 0.1) is 6.26 Å². The summed E-state index contributed by atoms with van der Waals surface area (Å²) in [5, 5.41) is 8.70. The number of hydrogen-bond acceptors (Lipinski definition) is 4. The van der Waals surface area contributed by atoms with E-state index in [1.807, 2.05) is 19.1 Å². The maximum absolute atomic E-state index is 11.9. The van der Waals surface area contributed by atoms with Crippen molar-refractivity contribution in [3.63, 3.8) is 0 Å². The fourth-order valence-corrected chi connectivity index (χ4v) is 2.81. The lowest BCUT2D eigenvalue weighted by atomic mass is 10.2. The van der Waals surface area contributed by atoms with Crippen LogP contribution in [-0.4, -0.2) is 44.1 Å². The Morgan fingerprint density at radius 1 is 1.53 bits per heavy atom. The number of nitrogens with one attached hydrogen (secondary N) is 1. The summed E-state index contributed by atoms with van der Waals surface area (Å²) in [6.07, 6.45) is 3.39. The highest BCUT2D eigenvalue weighted by Crippen LogP contribution is 2.07. The molecule has 0 bridgehead atoms. The topological polar surface area (TPSA) is 82.8 Å². The van der Waals surface area contributed by atoms with Crippen LogP contribution in [-0.2, 0) is 16.6 Å². The molecule has 1 aromatic rings. The van der Waals surface area contributed by atoms with Crippen LogP contribution >= 0.6 is 0 Å². The normalized spacial score (nSPS) is 13.9. The van der Waals surface area contributed by atoms with Gasteiger partial charge < -0.3 is 9.52 Å². The van der Waals surface area contributed by atoms with Gasteiger partial charge in [-0.25, -0.2) is 0 Å². The predicted octanol–water partition coefficient (Wildman–Crippen LogP) is 0.749. The second-order valence-corrected chi connectivity index (χ2v) is 6.35. The van der Waals surface area contributed by atoms with Crippen LogP contribution in [0, 0.1) is 0 Å². The van der Waals surface area contributed by atoms with Crippen molar-refractivity contribution in [2.45, 2.75) is 32.2 Å². The van der Waals surface area contributed by atoms with Crippen molar-refractivity contribution >= 4 is 10.2 Å². The SMILES string of the molecule is CC(CCc1ccco1)NS(=O)(=O)N(C)CCCO. The summed E-state index contributed by atoms with van der Waals surface area (Å²) in [5.41, 5.74) is 0. The van der Waals surface area contributed by atoms with E-state index in [2.05, 4.69) is 4.72 Å². The molecule has 1 heterocycles. The Kier molecular flexibility index (Phi) is 6.50. The first kappa shape index (κ1) is 16.2. The van der Waals surface area contributed by atoms with Crippen molar-refractivity contribution in [2.75, 3.05) is 20.2 Å². The Balaban J connectivity index is 2.39. The maximum atomic E-state index is 11.9. The van der Waals surface area contributed by atoms with Gasteiger partial charge >= 0.3 is 0 Å². The van der Waals surface area contributed by atoms with Gasteiger partial charge in [0.2, 0.25) is 0 Å². The highest BCUT2D eigenvalue weighted by atomic mass is 32.2. The van der Waals surface area contributed by atoms with Gasteiger partial charge in [0.1, 0.15) is 5.76 Å². The zero-order valence-corrected chi connectivity index (χ0v) is 12.2. The van der Waals surface area contributed by atoms with Crippen LogP contribution in [0.15, 0.2) is 22.8 Å². The molecule has 1 aromatic heterocycles. The molecular formula is C12H22N2O4S. The molecule has 0 saturated heterocycles. The van der Waals surface area contributed by atoms with Crippen molar-refractivity contribution in [3.8, 4) is 0 Å². The van der Waals surface area contributed by atoms with Crippen molar-refractivity contribution in [2.24, 2.45) is 0 Å². The van der Waals surface area contributed by atoms with E-state index in [-0.39, 0.29) is 12.6 Å². The first-order chi connectivity index (χ1) is 8.95. The molecule has 0 saturated carbocycles. The van der Waals surface area contributed by atoms with E-state index in [4.69, 9.17) is 9.52 Å². The van der Waals surface area contributed by atoms with Crippen molar-refractivity contribution < 1.29 is 17.9 Å². The Morgan fingerprint density at radius 3 is 2.84 bits per heavy atom. The van der Waals surface area contributed by atoms with Crippen LogP contribution in [0.1, 0.15) is 25.5 Å². The number of aliphatic hydroxyl groups excluding tert-OH is 1. The molecular weight excluding hydrogens is 268 g/mol. The molecule has 1 rings (SSSR count). The summed E-state index contributed by atoms with van der Waals surface area (Å²) >= 11 is 0. The third-order valence-electron chi connectivity index (χ3n) is 2.80. The molecule has 6 nitrogen and oxygen atoms in total. The number of aryl methyl sites for hydroxylation is 1. The zero-order chi connectivity index (χ0) is 14.3. The van der Waals surface area contributed by atoms with Crippen molar-refractivity contribution in [3.05, 3.63) is 24.2 Å². The van der Waals surface area contributed by atoms with E-state index in [0.29, 0.717) is 25.8 Å². The zero-order valence-electron chi connectivity index (χ0n) is 11.4. The van der Waals surface area contributed by atoms with Gasteiger partial charge in [0, 0.05) is 32.7 Å². The molecule has 0 aromatic carbocycles. The van der Waals surface area contributed by atoms with Crippen LogP contribution < -0.4 is 4.72 Å². The monoisotopic (exact) mass is 290 g/mol. The number of nitrogens with zero attached hydrogens (tertiary/aromatic N) is 1. The van der Waals surface area contributed by atoms with Crippen molar-refractivity contribution in [1.29, 1.82) is 0 Å². The van der Waals surface area contributed by atoms with Crippen LogP contribution in [0.2, 0.25) is 0 Å². The van der Waals surface area contributed by atoms with Gasteiger partial charge in [-0.15, -0.1) is 0 Å². The predicted molar refractivity (Wildman–Crippen MR) is 72.9 cm³/mol. The first-order valence-electron chi connectivity index (χ1n) is 6.32. The fraction of sp³-hybridized carbons (Fsp3) is 0.667. The summed E-state index contributed by atoms with van der Waals surface area (Å²) in [6.45, 7) is 2.10. The van der Waals surface area contributed by atoms with E-state index in [1.165, 1.54) is 11.4 Å². The Hall–Kier alpha value is -0.890. The van der Waals surface area contributed by atoms with Gasteiger partial charge in [-0.05, 0) is 31.9 Å².